The van der Waals surface area contributed by atoms with Crippen LogP contribution in [0, 0.1) is 12.3 Å². The molecular formula is C15H27N3O2. The number of nitrogens with zero attached hydrogens (tertiary/aromatic N) is 3. The smallest absolute Gasteiger partial charge is 0.230 e. The number of aryl methyl sites for hydroxylation is 1. The first kappa shape index (κ1) is 15.4. The van der Waals surface area contributed by atoms with Gasteiger partial charge in [0, 0.05) is 25.0 Å². The van der Waals surface area contributed by atoms with Crippen molar-refractivity contribution in [3.05, 3.63) is 11.8 Å². The molecule has 0 bridgehead atoms. The van der Waals surface area contributed by atoms with Crippen molar-refractivity contribution in [3.63, 3.8) is 0 Å². The topological polar surface area (TPSA) is 51.4 Å². The van der Waals surface area contributed by atoms with Gasteiger partial charge in [0.05, 0.1) is 12.6 Å². The van der Waals surface area contributed by atoms with Gasteiger partial charge in [-0.25, -0.2) is 0 Å². The summed E-state index contributed by atoms with van der Waals surface area (Å²) in [5.41, 5.74) is 0.181. The van der Waals surface area contributed by atoms with E-state index in [1.807, 2.05) is 6.92 Å². The van der Waals surface area contributed by atoms with E-state index < -0.39 is 0 Å². The molecule has 1 heterocycles. The van der Waals surface area contributed by atoms with Gasteiger partial charge in [0.15, 0.2) is 0 Å². The molecule has 20 heavy (non-hydrogen) atoms. The summed E-state index contributed by atoms with van der Waals surface area (Å²) in [5.74, 6) is 1.35. The highest BCUT2D eigenvalue weighted by Gasteiger charge is 2.51. The van der Waals surface area contributed by atoms with Gasteiger partial charge in [0.25, 0.3) is 0 Å². The summed E-state index contributed by atoms with van der Waals surface area (Å²) >= 11 is 0. The Labute approximate surface area is 121 Å². The zero-order valence-corrected chi connectivity index (χ0v) is 13.3. The number of hydrogen-bond acceptors (Lipinski definition) is 5. The van der Waals surface area contributed by atoms with Crippen LogP contribution >= 0.6 is 0 Å². The molecule has 0 radical (unpaired) electrons. The van der Waals surface area contributed by atoms with Crippen LogP contribution < -0.4 is 0 Å². The summed E-state index contributed by atoms with van der Waals surface area (Å²) in [4.78, 5) is 2.46. The second kappa shape index (κ2) is 6.22. The predicted octanol–water partition coefficient (Wildman–Crippen LogP) is 2.79. The van der Waals surface area contributed by atoms with Crippen LogP contribution in [-0.4, -0.2) is 40.4 Å². The lowest BCUT2D eigenvalue weighted by atomic mass is 9.63. The zero-order chi connectivity index (χ0) is 14.8. The van der Waals surface area contributed by atoms with Crippen LogP contribution in [0.4, 0.5) is 0 Å². The molecule has 0 aromatic carbocycles. The number of aromatic nitrogens is 2. The fourth-order valence-corrected chi connectivity index (χ4v) is 3.18. The number of ether oxygens (including phenoxy) is 1. The molecule has 0 N–H and O–H groups in total. The van der Waals surface area contributed by atoms with Crippen LogP contribution in [0.1, 0.15) is 52.3 Å². The van der Waals surface area contributed by atoms with Crippen molar-refractivity contribution in [1.82, 2.24) is 15.1 Å². The predicted molar refractivity (Wildman–Crippen MR) is 77.3 cm³/mol. The van der Waals surface area contributed by atoms with E-state index in [1.165, 1.54) is 0 Å². The third-order valence-corrected chi connectivity index (χ3v) is 4.35. The minimum Gasteiger partial charge on any atom is -0.424 e. The average molecular weight is 281 g/mol. The van der Waals surface area contributed by atoms with Crippen LogP contribution in [0.3, 0.4) is 0 Å². The molecule has 0 aliphatic heterocycles. The van der Waals surface area contributed by atoms with Crippen molar-refractivity contribution >= 4 is 0 Å². The molecule has 0 saturated heterocycles. The molecule has 1 fully saturated rings. The first-order valence-corrected chi connectivity index (χ1v) is 7.63. The monoisotopic (exact) mass is 281 g/mol. The molecule has 2 atom stereocenters. The molecule has 114 valence electrons. The van der Waals surface area contributed by atoms with E-state index in [2.05, 4.69) is 42.8 Å². The third-order valence-electron chi connectivity index (χ3n) is 4.35. The Morgan fingerprint density at radius 1 is 1.35 bits per heavy atom. The van der Waals surface area contributed by atoms with E-state index >= 15 is 0 Å². The Morgan fingerprint density at radius 2 is 2.10 bits per heavy atom. The maximum Gasteiger partial charge on any atom is 0.230 e. The van der Waals surface area contributed by atoms with Gasteiger partial charge in [-0.15, -0.1) is 10.2 Å². The van der Waals surface area contributed by atoms with Crippen molar-refractivity contribution in [2.24, 2.45) is 5.41 Å². The normalized spacial score (nSPS) is 24.9. The molecule has 1 aliphatic carbocycles. The molecule has 5 nitrogen and oxygen atoms in total. The molecule has 0 unspecified atom stereocenters. The molecule has 1 aliphatic rings. The lowest BCUT2D eigenvalue weighted by Crippen LogP contribution is -2.62. The summed E-state index contributed by atoms with van der Waals surface area (Å²) in [6.45, 7) is 13.3. The maximum atomic E-state index is 5.83. The van der Waals surface area contributed by atoms with Gasteiger partial charge in [-0.2, -0.15) is 0 Å². The summed E-state index contributed by atoms with van der Waals surface area (Å²) in [7, 11) is 0. The van der Waals surface area contributed by atoms with Crippen LogP contribution in [0.2, 0.25) is 0 Å². The second-order valence-electron chi connectivity index (χ2n) is 6.20. The quantitative estimate of drug-likeness (QED) is 0.769. The summed E-state index contributed by atoms with van der Waals surface area (Å²) in [5, 5.41) is 8.04. The largest absolute Gasteiger partial charge is 0.424 e. The molecule has 2 rings (SSSR count). The summed E-state index contributed by atoms with van der Waals surface area (Å²) < 4.78 is 11.4. The second-order valence-corrected chi connectivity index (χ2v) is 6.20. The first-order chi connectivity index (χ1) is 9.48. The summed E-state index contributed by atoms with van der Waals surface area (Å²) in [6.07, 6.45) is 2.58. The van der Waals surface area contributed by atoms with Gasteiger partial charge >= 0.3 is 0 Å². The van der Waals surface area contributed by atoms with E-state index in [4.69, 9.17) is 9.15 Å². The van der Waals surface area contributed by atoms with E-state index in [0.29, 0.717) is 23.9 Å². The molecule has 5 heteroatoms. The lowest BCUT2D eigenvalue weighted by molar-refractivity contribution is -0.152. The standard InChI is InChI=1S/C15H27N3O2/c1-6-8-18(10-14-17-16-11(3)20-14)12-9-13(19-7-2)15(12,4)5/h12-13H,6-10H2,1-5H3/t12-,13-/m1/s1. The highest BCUT2D eigenvalue weighted by molar-refractivity contribution is 5.04. The van der Waals surface area contributed by atoms with Gasteiger partial charge < -0.3 is 9.15 Å². The van der Waals surface area contributed by atoms with Crippen LogP contribution in [0.5, 0.6) is 0 Å². The zero-order valence-electron chi connectivity index (χ0n) is 13.3. The Bertz CT molecular complexity index is 431. The molecule has 1 aromatic heterocycles. The number of hydrogen-bond donors (Lipinski definition) is 0. The lowest BCUT2D eigenvalue weighted by Gasteiger charge is -2.55. The van der Waals surface area contributed by atoms with Gasteiger partial charge in [-0.3, -0.25) is 4.90 Å². The Morgan fingerprint density at radius 3 is 2.60 bits per heavy atom. The van der Waals surface area contributed by atoms with Crippen molar-refractivity contribution in [2.45, 2.75) is 66.2 Å². The SMILES string of the molecule is CCCN(Cc1nnc(C)o1)[C@@H]1C[C@@H](OCC)C1(C)C. The van der Waals surface area contributed by atoms with Crippen LogP contribution in [0.15, 0.2) is 4.42 Å². The molecule has 0 spiro atoms. The minimum atomic E-state index is 0.181. The average Bonchev–Trinajstić information content (AvgIpc) is 2.79. The fraction of sp³-hybridized carbons (Fsp3) is 0.867. The Kier molecular flexibility index (Phi) is 4.81. The van der Waals surface area contributed by atoms with Crippen molar-refractivity contribution < 1.29 is 9.15 Å². The number of rotatable bonds is 7. The maximum absolute atomic E-state index is 5.83. The Hall–Kier alpha value is -0.940. The van der Waals surface area contributed by atoms with Gasteiger partial charge in [0.2, 0.25) is 11.8 Å². The highest BCUT2D eigenvalue weighted by atomic mass is 16.5. The minimum absolute atomic E-state index is 0.181. The van der Waals surface area contributed by atoms with E-state index in [0.717, 1.165) is 32.5 Å². The van der Waals surface area contributed by atoms with Crippen LogP contribution in [0.25, 0.3) is 0 Å². The van der Waals surface area contributed by atoms with E-state index in [9.17, 15) is 0 Å². The first-order valence-electron chi connectivity index (χ1n) is 7.63. The molecule has 1 saturated carbocycles. The molecule has 0 amide bonds. The van der Waals surface area contributed by atoms with Crippen LogP contribution in [-0.2, 0) is 11.3 Å². The van der Waals surface area contributed by atoms with E-state index in [1.54, 1.807) is 0 Å². The van der Waals surface area contributed by atoms with Gasteiger partial charge in [-0.1, -0.05) is 20.8 Å². The molecule has 1 aromatic rings. The Balaban J connectivity index is 2.02. The van der Waals surface area contributed by atoms with Crippen molar-refractivity contribution in [2.75, 3.05) is 13.2 Å². The fourth-order valence-electron chi connectivity index (χ4n) is 3.18. The summed E-state index contributed by atoms with van der Waals surface area (Å²) in [6, 6.07) is 0.520. The third kappa shape index (κ3) is 3.04. The van der Waals surface area contributed by atoms with Gasteiger partial charge in [-0.05, 0) is 26.3 Å². The van der Waals surface area contributed by atoms with Crippen molar-refractivity contribution in [1.29, 1.82) is 0 Å². The van der Waals surface area contributed by atoms with Gasteiger partial charge in [0.1, 0.15) is 0 Å². The molecular weight excluding hydrogens is 254 g/mol. The highest BCUT2D eigenvalue weighted by Crippen LogP contribution is 2.46. The van der Waals surface area contributed by atoms with E-state index in [-0.39, 0.29) is 5.41 Å². The van der Waals surface area contributed by atoms with Crippen molar-refractivity contribution in [3.8, 4) is 0 Å².